The van der Waals surface area contributed by atoms with Crippen molar-refractivity contribution in [1.29, 1.82) is 0 Å². The van der Waals surface area contributed by atoms with Crippen LogP contribution in [0.5, 0.6) is 0 Å². The highest BCUT2D eigenvalue weighted by atomic mass is 35.5. The van der Waals surface area contributed by atoms with Crippen molar-refractivity contribution in [1.82, 2.24) is 9.78 Å². The van der Waals surface area contributed by atoms with Gasteiger partial charge in [-0.25, -0.2) is 4.39 Å². The molecule has 1 aromatic heterocycles. The molecule has 3 aromatic rings. The van der Waals surface area contributed by atoms with Crippen LogP contribution in [-0.2, 0) is 6.54 Å². The normalized spacial score (nSPS) is 10.6. The number of rotatable bonds is 4. The van der Waals surface area contributed by atoms with Crippen molar-refractivity contribution in [2.75, 3.05) is 5.32 Å². The summed E-state index contributed by atoms with van der Waals surface area (Å²) in [5.41, 5.74) is 0.692. The molecule has 1 N–H and O–H groups in total. The van der Waals surface area contributed by atoms with Gasteiger partial charge in [-0.05, 0) is 24.3 Å². The number of halogens is 3. The summed E-state index contributed by atoms with van der Waals surface area (Å²) in [5.74, 6) is -0.429. The van der Waals surface area contributed by atoms with Crippen molar-refractivity contribution in [3.63, 3.8) is 0 Å². The minimum atomic E-state index is -0.403. The average Bonchev–Trinajstić information content (AvgIpc) is 2.98. The molecular formula is C17H12Cl2FN3O. The zero-order chi connectivity index (χ0) is 17.1. The van der Waals surface area contributed by atoms with Crippen molar-refractivity contribution in [2.45, 2.75) is 6.54 Å². The Morgan fingerprint density at radius 2 is 1.83 bits per heavy atom. The zero-order valence-corrected chi connectivity index (χ0v) is 13.9. The van der Waals surface area contributed by atoms with Crippen molar-refractivity contribution in [3.8, 4) is 0 Å². The van der Waals surface area contributed by atoms with Gasteiger partial charge >= 0.3 is 0 Å². The highest BCUT2D eigenvalue weighted by Crippen LogP contribution is 2.21. The Kier molecular flexibility index (Phi) is 4.83. The number of nitrogens with zero attached hydrogens (tertiary/aromatic N) is 2. The quantitative estimate of drug-likeness (QED) is 0.734. The number of anilines is 1. The highest BCUT2D eigenvalue weighted by Gasteiger charge is 2.12. The molecule has 122 valence electrons. The Morgan fingerprint density at radius 3 is 2.58 bits per heavy atom. The zero-order valence-electron chi connectivity index (χ0n) is 12.3. The van der Waals surface area contributed by atoms with Gasteiger partial charge in [0.15, 0.2) is 5.82 Å². The van der Waals surface area contributed by atoms with Gasteiger partial charge in [-0.3, -0.25) is 9.48 Å². The first-order valence-corrected chi connectivity index (χ1v) is 7.82. The standard InChI is InChI=1S/C17H12Cl2FN3O/c18-13-5-2-1-4-11(13)17(24)21-16-8-9-23(22-16)10-12-14(19)6-3-7-15(12)20/h1-9H,10H2,(H,21,22,24). The molecule has 2 aromatic carbocycles. The SMILES string of the molecule is O=C(Nc1ccn(Cc2c(F)cccc2Cl)n1)c1ccccc1Cl. The van der Waals surface area contributed by atoms with Crippen molar-refractivity contribution >= 4 is 34.9 Å². The van der Waals surface area contributed by atoms with E-state index in [0.717, 1.165) is 0 Å². The molecule has 0 aliphatic carbocycles. The Hall–Kier alpha value is -2.37. The van der Waals surface area contributed by atoms with Crippen LogP contribution in [0, 0.1) is 5.82 Å². The summed E-state index contributed by atoms with van der Waals surface area (Å²) >= 11 is 12.0. The summed E-state index contributed by atoms with van der Waals surface area (Å²) in [6.07, 6.45) is 1.63. The third kappa shape index (κ3) is 3.58. The Morgan fingerprint density at radius 1 is 1.08 bits per heavy atom. The van der Waals surface area contributed by atoms with E-state index >= 15 is 0 Å². The van der Waals surface area contributed by atoms with Crippen LogP contribution in [0.2, 0.25) is 10.0 Å². The number of nitrogens with one attached hydrogen (secondary N) is 1. The molecule has 0 aliphatic heterocycles. The number of hydrogen-bond donors (Lipinski definition) is 1. The molecule has 0 radical (unpaired) electrons. The molecule has 0 unspecified atom stereocenters. The molecular weight excluding hydrogens is 352 g/mol. The molecule has 0 aliphatic rings. The summed E-state index contributed by atoms with van der Waals surface area (Å²) in [4.78, 5) is 12.2. The van der Waals surface area contributed by atoms with Gasteiger partial charge in [0, 0.05) is 22.8 Å². The van der Waals surface area contributed by atoms with Crippen LogP contribution >= 0.6 is 23.2 Å². The predicted molar refractivity (Wildman–Crippen MR) is 92.1 cm³/mol. The molecule has 3 rings (SSSR count). The van der Waals surface area contributed by atoms with Gasteiger partial charge in [-0.15, -0.1) is 0 Å². The van der Waals surface area contributed by atoms with E-state index in [9.17, 15) is 9.18 Å². The third-order valence-electron chi connectivity index (χ3n) is 3.38. The highest BCUT2D eigenvalue weighted by molar-refractivity contribution is 6.34. The third-order valence-corrected chi connectivity index (χ3v) is 4.07. The smallest absolute Gasteiger partial charge is 0.258 e. The van der Waals surface area contributed by atoms with Gasteiger partial charge in [0.2, 0.25) is 0 Å². The second kappa shape index (κ2) is 7.03. The van der Waals surface area contributed by atoms with E-state index in [1.54, 1.807) is 48.7 Å². The van der Waals surface area contributed by atoms with Gasteiger partial charge in [0.25, 0.3) is 5.91 Å². The molecule has 0 bridgehead atoms. The van der Waals surface area contributed by atoms with E-state index in [1.807, 2.05) is 0 Å². The maximum absolute atomic E-state index is 13.8. The largest absolute Gasteiger partial charge is 0.305 e. The van der Waals surface area contributed by atoms with E-state index in [0.29, 0.717) is 27.0 Å². The lowest BCUT2D eigenvalue weighted by Crippen LogP contribution is -2.13. The lowest BCUT2D eigenvalue weighted by Gasteiger charge is -2.06. The lowest BCUT2D eigenvalue weighted by molar-refractivity contribution is 0.102. The molecule has 0 spiro atoms. The van der Waals surface area contributed by atoms with E-state index < -0.39 is 5.82 Å². The van der Waals surface area contributed by atoms with Gasteiger partial charge in [0.05, 0.1) is 17.1 Å². The summed E-state index contributed by atoms with van der Waals surface area (Å²) in [5, 5.41) is 7.53. The molecule has 4 nitrogen and oxygen atoms in total. The average molecular weight is 364 g/mol. The van der Waals surface area contributed by atoms with Crippen molar-refractivity contribution in [3.05, 3.63) is 81.7 Å². The molecule has 0 saturated heterocycles. The minimum absolute atomic E-state index is 0.160. The fourth-order valence-electron chi connectivity index (χ4n) is 2.19. The summed E-state index contributed by atoms with van der Waals surface area (Å²) in [7, 11) is 0. The second-order valence-electron chi connectivity index (χ2n) is 5.03. The number of aromatic nitrogens is 2. The fraction of sp³-hybridized carbons (Fsp3) is 0.0588. The second-order valence-corrected chi connectivity index (χ2v) is 5.85. The van der Waals surface area contributed by atoms with Crippen LogP contribution in [0.15, 0.2) is 54.7 Å². The summed E-state index contributed by atoms with van der Waals surface area (Å²) < 4.78 is 15.3. The van der Waals surface area contributed by atoms with Crippen LogP contribution in [0.4, 0.5) is 10.2 Å². The molecule has 0 saturated carbocycles. The van der Waals surface area contributed by atoms with Gasteiger partial charge in [-0.1, -0.05) is 41.4 Å². The Bertz CT molecular complexity index is 875. The molecule has 7 heteroatoms. The molecule has 0 atom stereocenters. The maximum atomic E-state index is 13.8. The first kappa shape index (κ1) is 16.5. The Labute approximate surface area is 147 Å². The van der Waals surface area contributed by atoms with Gasteiger partial charge in [0.1, 0.15) is 5.82 Å². The molecule has 0 fully saturated rings. The van der Waals surface area contributed by atoms with E-state index in [2.05, 4.69) is 10.4 Å². The van der Waals surface area contributed by atoms with Crippen LogP contribution < -0.4 is 5.32 Å². The van der Waals surface area contributed by atoms with Gasteiger partial charge in [-0.2, -0.15) is 5.10 Å². The maximum Gasteiger partial charge on any atom is 0.258 e. The van der Waals surface area contributed by atoms with Crippen molar-refractivity contribution in [2.24, 2.45) is 0 Å². The van der Waals surface area contributed by atoms with Crippen LogP contribution in [0.3, 0.4) is 0 Å². The molecule has 1 heterocycles. The topological polar surface area (TPSA) is 46.9 Å². The fourth-order valence-corrected chi connectivity index (χ4v) is 2.64. The van der Waals surface area contributed by atoms with Gasteiger partial charge < -0.3 is 5.32 Å². The lowest BCUT2D eigenvalue weighted by atomic mass is 10.2. The summed E-state index contributed by atoms with van der Waals surface area (Å²) in [6, 6.07) is 12.8. The summed E-state index contributed by atoms with van der Waals surface area (Å²) in [6.45, 7) is 0.160. The monoisotopic (exact) mass is 363 g/mol. The number of carbonyl (C=O) groups excluding carboxylic acids is 1. The Balaban J connectivity index is 1.74. The molecule has 24 heavy (non-hydrogen) atoms. The van der Waals surface area contributed by atoms with Crippen molar-refractivity contribution < 1.29 is 9.18 Å². The van der Waals surface area contributed by atoms with E-state index in [4.69, 9.17) is 23.2 Å². The minimum Gasteiger partial charge on any atom is -0.305 e. The van der Waals surface area contributed by atoms with E-state index in [-0.39, 0.29) is 12.5 Å². The predicted octanol–water partition coefficient (Wildman–Crippen LogP) is 4.63. The number of carbonyl (C=O) groups is 1. The molecule has 1 amide bonds. The van der Waals surface area contributed by atoms with Crippen LogP contribution in [0.25, 0.3) is 0 Å². The number of amides is 1. The first-order chi connectivity index (χ1) is 11.5. The van der Waals surface area contributed by atoms with E-state index in [1.165, 1.54) is 10.7 Å². The van der Waals surface area contributed by atoms with Crippen LogP contribution in [0.1, 0.15) is 15.9 Å². The van der Waals surface area contributed by atoms with Crippen LogP contribution in [-0.4, -0.2) is 15.7 Å². The first-order valence-electron chi connectivity index (χ1n) is 7.07. The number of hydrogen-bond acceptors (Lipinski definition) is 2. The number of benzene rings is 2.